The number of rotatable bonds is 5. The monoisotopic (exact) mass is 232 g/mol. The molecular formula is C9H17N2O3P. The maximum absolute atomic E-state index is 11.1. The first-order chi connectivity index (χ1) is 6.93. The number of hydrogen-bond donors (Lipinski definition) is 3. The Bertz CT molecular complexity index is 340. The molecule has 0 radical (unpaired) electrons. The van der Waals surface area contributed by atoms with Gasteiger partial charge in [0.2, 0.25) is 0 Å². The molecule has 0 saturated heterocycles. The lowest BCUT2D eigenvalue weighted by molar-refractivity contribution is 0.340. The lowest BCUT2D eigenvalue weighted by atomic mass is 9.79. The molecule has 0 aliphatic carbocycles. The number of aromatic nitrogens is 2. The van der Waals surface area contributed by atoms with Crippen LogP contribution in [0.4, 0.5) is 0 Å². The van der Waals surface area contributed by atoms with Gasteiger partial charge in [-0.05, 0) is 18.4 Å². The van der Waals surface area contributed by atoms with E-state index in [9.17, 15) is 4.57 Å². The molecule has 0 saturated carbocycles. The third kappa shape index (κ3) is 2.91. The Balaban J connectivity index is 3.03. The normalized spacial score (nSPS) is 13.1. The molecule has 0 aliphatic rings. The average molecular weight is 232 g/mol. The molecular weight excluding hydrogens is 215 g/mol. The highest BCUT2D eigenvalue weighted by atomic mass is 31.2. The van der Waals surface area contributed by atoms with Crippen LogP contribution in [-0.2, 0) is 9.98 Å². The highest BCUT2D eigenvalue weighted by molar-refractivity contribution is 7.51. The summed E-state index contributed by atoms with van der Waals surface area (Å²) in [6.45, 7) is 3.87. The Morgan fingerprint density at radius 2 is 2.07 bits per heavy atom. The Morgan fingerprint density at radius 1 is 1.47 bits per heavy atom. The third-order valence-electron chi connectivity index (χ3n) is 2.97. The van der Waals surface area contributed by atoms with Crippen LogP contribution >= 0.6 is 7.60 Å². The van der Waals surface area contributed by atoms with Gasteiger partial charge >= 0.3 is 7.60 Å². The van der Waals surface area contributed by atoms with Gasteiger partial charge in [-0.2, -0.15) is 5.10 Å². The minimum Gasteiger partial charge on any atom is -0.324 e. The molecule has 1 rings (SSSR count). The van der Waals surface area contributed by atoms with Crippen LogP contribution in [0.1, 0.15) is 32.3 Å². The van der Waals surface area contributed by atoms with E-state index in [1.807, 2.05) is 13.8 Å². The zero-order valence-corrected chi connectivity index (χ0v) is 9.87. The van der Waals surface area contributed by atoms with Crippen molar-refractivity contribution < 1.29 is 14.4 Å². The van der Waals surface area contributed by atoms with Crippen LogP contribution in [0.3, 0.4) is 0 Å². The van der Waals surface area contributed by atoms with Crippen LogP contribution in [0.15, 0.2) is 12.4 Å². The summed E-state index contributed by atoms with van der Waals surface area (Å²) in [6.07, 6.45) is 4.61. The van der Waals surface area contributed by atoms with Gasteiger partial charge < -0.3 is 9.79 Å². The quantitative estimate of drug-likeness (QED) is 0.673. The highest BCUT2D eigenvalue weighted by Crippen LogP contribution is 2.46. The minimum absolute atomic E-state index is 0.119. The molecule has 0 spiro atoms. The standard InChI is InChI=1S/C9H17N2O3P/c1-3-9(4-2,7-15(12,13)14)8-5-10-11-6-8/h5-6H,3-4,7H2,1-2H3,(H,10,11)(H2,12,13,14). The van der Waals surface area contributed by atoms with E-state index in [0.29, 0.717) is 12.8 Å². The fourth-order valence-corrected chi connectivity index (χ4v) is 3.33. The van der Waals surface area contributed by atoms with Crippen molar-refractivity contribution in [2.24, 2.45) is 0 Å². The van der Waals surface area contributed by atoms with Crippen molar-refractivity contribution >= 4 is 7.60 Å². The van der Waals surface area contributed by atoms with E-state index in [4.69, 9.17) is 9.79 Å². The smallest absolute Gasteiger partial charge is 0.324 e. The van der Waals surface area contributed by atoms with Gasteiger partial charge in [0.05, 0.1) is 12.4 Å². The summed E-state index contributed by atoms with van der Waals surface area (Å²) < 4.78 is 11.1. The van der Waals surface area contributed by atoms with E-state index in [2.05, 4.69) is 10.2 Å². The van der Waals surface area contributed by atoms with E-state index < -0.39 is 13.0 Å². The highest BCUT2D eigenvalue weighted by Gasteiger charge is 2.36. The second-order valence-corrected chi connectivity index (χ2v) is 5.44. The SMILES string of the molecule is CCC(CC)(CP(=O)(O)O)c1cn[nH]c1. The van der Waals surface area contributed by atoms with Crippen LogP contribution in [0.2, 0.25) is 0 Å². The van der Waals surface area contributed by atoms with Crippen LogP contribution in [0.5, 0.6) is 0 Å². The summed E-state index contributed by atoms with van der Waals surface area (Å²) in [5, 5.41) is 6.52. The molecule has 15 heavy (non-hydrogen) atoms. The fourth-order valence-electron chi connectivity index (χ4n) is 1.91. The first kappa shape index (κ1) is 12.4. The molecule has 0 bridgehead atoms. The predicted molar refractivity (Wildman–Crippen MR) is 57.8 cm³/mol. The third-order valence-corrected chi connectivity index (χ3v) is 3.99. The number of aromatic amines is 1. The van der Waals surface area contributed by atoms with Crippen LogP contribution < -0.4 is 0 Å². The van der Waals surface area contributed by atoms with Crippen LogP contribution in [0.25, 0.3) is 0 Å². The molecule has 0 aliphatic heterocycles. The molecule has 1 aromatic rings. The second-order valence-electron chi connectivity index (χ2n) is 3.80. The largest absolute Gasteiger partial charge is 0.326 e. The van der Waals surface area contributed by atoms with E-state index in [1.165, 1.54) is 0 Å². The number of hydrogen-bond acceptors (Lipinski definition) is 2. The first-order valence-electron chi connectivity index (χ1n) is 4.97. The van der Waals surface area contributed by atoms with E-state index in [-0.39, 0.29) is 6.16 Å². The van der Waals surface area contributed by atoms with Gasteiger partial charge in [0.1, 0.15) is 0 Å². The van der Waals surface area contributed by atoms with Gasteiger partial charge in [0.15, 0.2) is 0 Å². The predicted octanol–water partition coefficient (Wildman–Crippen LogP) is 1.65. The Hall–Kier alpha value is -0.640. The van der Waals surface area contributed by atoms with Crippen LogP contribution in [-0.4, -0.2) is 26.1 Å². The average Bonchev–Trinajstić information content (AvgIpc) is 2.66. The van der Waals surface area contributed by atoms with Crippen LogP contribution in [0, 0.1) is 0 Å². The maximum Gasteiger partial charge on any atom is 0.326 e. The summed E-state index contributed by atoms with van der Waals surface area (Å²) >= 11 is 0. The lowest BCUT2D eigenvalue weighted by Gasteiger charge is -2.30. The molecule has 1 heterocycles. The second kappa shape index (κ2) is 4.47. The van der Waals surface area contributed by atoms with Gasteiger partial charge in [0.25, 0.3) is 0 Å². The van der Waals surface area contributed by atoms with Crippen molar-refractivity contribution in [1.29, 1.82) is 0 Å². The molecule has 0 atom stereocenters. The number of nitrogens with one attached hydrogen (secondary N) is 1. The zero-order valence-electron chi connectivity index (χ0n) is 8.97. The van der Waals surface area contributed by atoms with E-state index in [1.54, 1.807) is 12.4 Å². The van der Waals surface area contributed by atoms with Crippen molar-refractivity contribution in [2.75, 3.05) is 6.16 Å². The summed E-state index contributed by atoms with van der Waals surface area (Å²) in [5.74, 6) is 0. The minimum atomic E-state index is -4.00. The van der Waals surface area contributed by atoms with Crippen molar-refractivity contribution in [3.63, 3.8) is 0 Å². The fraction of sp³-hybridized carbons (Fsp3) is 0.667. The summed E-state index contributed by atoms with van der Waals surface area (Å²) in [4.78, 5) is 18.2. The summed E-state index contributed by atoms with van der Waals surface area (Å²) in [5.41, 5.74) is 0.405. The van der Waals surface area contributed by atoms with Gasteiger partial charge in [-0.3, -0.25) is 9.66 Å². The van der Waals surface area contributed by atoms with Crippen molar-refractivity contribution in [3.8, 4) is 0 Å². The Labute approximate surface area is 89.1 Å². The molecule has 0 aromatic carbocycles. The Kier molecular flexibility index (Phi) is 3.71. The summed E-state index contributed by atoms with van der Waals surface area (Å²) in [7, 11) is -4.00. The van der Waals surface area contributed by atoms with Gasteiger partial charge in [-0.1, -0.05) is 13.8 Å². The number of H-pyrrole nitrogens is 1. The zero-order chi connectivity index (χ0) is 11.5. The molecule has 0 fully saturated rings. The molecule has 0 amide bonds. The van der Waals surface area contributed by atoms with Crippen molar-refractivity contribution in [1.82, 2.24) is 10.2 Å². The van der Waals surface area contributed by atoms with Gasteiger partial charge in [-0.25, -0.2) is 0 Å². The first-order valence-corrected chi connectivity index (χ1v) is 6.77. The van der Waals surface area contributed by atoms with Crippen molar-refractivity contribution in [2.45, 2.75) is 32.1 Å². The van der Waals surface area contributed by atoms with E-state index >= 15 is 0 Å². The molecule has 3 N–H and O–H groups in total. The number of nitrogens with zero attached hydrogens (tertiary/aromatic N) is 1. The van der Waals surface area contributed by atoms with Gasteiger partial charge in [0, 0.05) is 11.6 Å². The maximum atomic E-state index is 11.1. The topological polar surface area (TPSA) is 86.2 Å². The molecule has 6 heteroatoms. The summed E-state index contributed by atoms with van der Waals surface area (Å²) in [6, 6.07) is 0. The molecule has 86 valence electrons. The van der Waals surface area contributed by atoms with Gasteiger partial charge in [-0.15, -0.1) is 0 Å². The van der Waals surface area contributed by atoms with E-state index in [0.717, 1.165) is 5.56 Å². The molecule has 0 unspecified atom stereocenters. The Morgan fingerprint density at radius 3 is 2.40 bits per heavy atom. The lowest BCUT2D eigenvalue weighted by Crippen LogP contribution is -2.28. The molecule has 5 nitrogen and oxygen atoms in total. The van der Waals surface area contributed by atoms with Crippen molar-refractivity contribution in [3.05, 3.63) is 18.0 Å². The molecule has 1 aromatic heterocycles.